The van der Waals surface area contributed by atoms with E-state index in [4.69, 9.17) is 9.47 Å². The predicted octanol–water partition coefficient (Wildman–Crippen LogP) is 3.04. The second kappa shape index (κ2) is 6.85. The Morgan fingerprint density at radius 3 is 2.67 bits per heavy atom. The molecule has 1 aromatic carbocycles. The van der Waals surface area contributed by atoms with Crippen LogP contribution in [0.2, 0.25) is 0 Å². The van der Waals surface area contributed by atoms with E-state index in [1.807, 2.05) is 0 Å². The van der Waals surface area contributed by atoms with Crippen molar-refractivity contribution < 1.29 is 19.4 Å². The summed E-state index contributed by atoms with van der Waals surface area (Å²) in [5, 5.41) is 9.19. The number of carboxylic acid groups (broad SMARTS) is 1. The minimum atomic E-state index is -0.847. The molecule has 1 fully saturated rings. The lowest BCUT2D eigenvalue weighted by Gasteiger charge is -2.44. The van der Waals surface area contributed by atoms with E-state index >= 15 is 0 Å². The van der Waals surface area contributed by atoms with Crippen LogP contribution >= 0.6 is 0 Å². The van der Waals surface area contributed by atoms with Crippen molar-refractivity contribution in [3.05, 3.63) is 34.9 Å². The summed E-state index contributed by atoms with van der Waals surface area (Å²) in [4.78, 5) is 13.7. The number of carboxylic acids is 1. The minimum Gasteiger partial charge on any atom is -0.493 e. The highest BCUT2D eigenvalue weighted by Crippen LogP contribution is 2.44. The lowest BCUT2D eigenvalue weighted by molar-refractivity contribution is -0.131. The fourth-order valence-electron chi connectivity index (χ4n) is 4.05. The van der Waals surface area contributed by atoms with Gasteiger partial charge >= 0.3 is 5.97 Å². The van der Waals surface area contributed by atoms with Crippen molar-refractivity contribution in [3.63, 3.8) is 0 Å². The first-order valence-electron chi connectivity index (χ1n) is 8.49. The topological polar surface area (TPSA) is 59.0 Å². The summed E-state index contributed by atoms with van der Waals surface area (Å²) >= 11 is 0. The van der Waals surface area contributed by atoms with Crippen molar-refractivity contribution in [1.29, 1.82) is 0 Å². The van der Waals surface area contributed by atoms with Gasteiger partial charge in [0.25, 0.3) is 0 Å². The molecule has 2 unspecified atom stereocenters. The molecule has 2 aliphatic heterocycles. The number of hydrogen-bond donors (Lipinski definition) is 1. The van der Waals surface area contributed by atoms with Gasteiger partial charge in [0.1, 0.15) is 0 Å². The van der Waals surface area contributed by atoms with Gasteiger partial charge in [0.15, 0.2) is 11.5 Å². The summed E-state index contributed by atoms with van der Waals surface area (Å²) in [6.07, 6.45) is 4.15. The first-order chi connectivity index (χ1) is 11.6. The molecule has 0 bridgehead atoms. The molecule has 1 N–H and O–H groups in total. The van der Waals surface area contributed by atoms with Gasteiger partial charge in [-0.15, -0.1) is 0 Å². The van der Waals surface area contributed by atoms with Crippen molar-refractivity contribution >= 4 is 5.97 Å². The molecule has 2 atom stereocenters. The van der Waals surface area contributed by atoms with Gasteiger partial charge in [0.2, 0.25) is 0 Å². The first-order valence-corrected chi connectivity index (χ1v) is 8.49. The molecule has 5 heteroatoms. The van der Waals surface area contributed by atoms with Gasteiger partial charge in [-0.25, -0.2) is 4.79 Å². The van der Waals surface area contributed by atoms with Gasteiger partial charge < -0.3 is 14.6 Å². The number of aliphatic carboxylic acids is 1. The molecule has 130 valence electrons. The van der Waals surface area contributed by atoms with E-state index in [0.29, 0.717) is 5.92 Å². The summed E-state index contributed by atoms with van der Waals surface area (Å²) in [5.74, 6) is 0.979. The predicted molar refractivity (Wildman–Crippen MR) is 91.7 cm³/mol. The smallest absolute Gasteiger partial charge is 0.328 e. The first kappa shape index (κ1) is 16.8. The number of ether oxygens (including phenoxy) is 2. The van der Waals surface area contributed by atoms with Crippen LogP contribution in [0.1, 0.15) is 36.9 Å². The molecule has 24 heavy (non-hydrogen) atoms. The van der Waals surface area contributed by atoms with Crippen LogP contribution in [0, 0.1) is 5.92 Å². The Labute approximate surface area is 142 Å². The monoisotopic (exact) mass is 331 g/mol. The quantitative estimate of drug-likeness (QED) is 0.859. The molecule has 5 nitrogen and oxygen atoms in total. The van der Waals surface area contributed by atoms with Crippen LogP contribution in [0.4, 0.5) is 0 Å². The van der Waals surface area contributed by atoms with Crippen LogP contribution in [0.5, 0.6) is 11.5 Å². The molecule has 0 spiro atoms. The molecule has 2 heterocycles. The molecule has 0 amide bonds. The van der Waals surface area contributed by atoms with Crippen molar-refractivity contribution in [3.8, 4) is 11.5 Å². The fourth-order valence-corrected chi connectivity index (χ4v) is 4.05. The average molecular weight is 331 g/mol. The van der Waals surface area contributed by atoms with Crippen LogP contribution < -0.4 is 9.47 Å². The van der Waals surface area contributed by atoms with Crippen molar-refractivity contribution in [2.75, 3.05) is 27.3 Å². The molecule has 2 aliphatic rings. The third kappa shape index (κ3) is 3.00. The number of hydrogen-bond acceptors (Lipinski definition) is 4. The Kier molecular flexibility index (Phi) is 4.81. The zero-order valence-electron chi connectivity index (χ0n) is 14.5. The summed E-state index contributed by atoms with van der Waals surface area (Å²) < 4.78 is 10.9. The molecule has 0 aliphatic carbocycles. The van der Waals surface area contributed by atoms with E-state index in [2.05, 4.69) is 24.0 Å². The van der Waals surface area contributed by atoms with E-state index in [0.717, 1.165) is 49.4 Å². The van der Waals surface area contributed by atoms with E-state index < -0.39 is 5.97 Å². The zero-order valence-corrected chi connectivity index (χ0v) is 14.5. The van der Waals surface area contributed by atoms with Gasteiger partial charge in [-0.05, 0) is 48.4 Å². The maximum Gasteiger partial charge on any atom is 0.328 e. The van der Waals surface area contributed by atoms with Gasteiger partial charge in [0, 0.05) is 25.2 Å². The van der Waals surface area contributed by atoms with Crippen LogP contribution in [0.15, 0.2) is 23.8 Å². The normalized spacial score (nSPS) is 25.0. The maximum atomic E-state index is 11.2. The number of nitrogens with zero attached hydrogens (tertiary/aromatic N) is 1. The zero-order chi connectivity index (χ0) is 17.3. The molecule has 0 radical (unpaired) electrons. The Morgan fingerprint density at radius 1 is 1.33 bits per heavy atom. The number of piperidine rings is 1. The highest BCUT2D eigenvalue weighted by Gasteiger charge is 2.36. The van der Waals surface area contributed by atoms with E-state index in [-0.39, 0.29) is 6.04 Å². The molecule has 0 saturated carbocycles. The molecular weight excluding hydrogens is 306 g/mol. The summed E-state index contributed by atoms with van der Waals surface area (Å²) in [5.41, 5.74) is 3.57. The van der Waals surface area contributed by atoms with Gasteiger partial charge in [-0.2, -0.15) is 0 Å². The number of rotatable bonds is 4. The molecular formula is C19H25NO4. The van der Waals surface area contributed by atoms with E-state index in [1.165, 1.54) is 17.2 Å². The van der Waals surface area contributed by atoms with Crippen LogP contribution in [0.3, 0.4) is 0 Å². The second-order valence-corrected chi connectivity index (χ2v) is 6.53. The van der Waals surface area contributed by atoms with Gasteiger partial charge in [-0.1, -0.05) is 12.5 Å². The highest BCUT2D eigenvalue weighted by atomic mass is 16.5. The lowest BCUT2D eigenvalue weighted by Crippen LogP contribution is -2.43. The minimum absolute atomic E-state index is 0.224. The van der Waals surface area contributed by atoms with Gasteiger partial charge in [0.05, 0.1) is 14.2 Å². The third-order valence-electron chi connectivity index (χ3n) is 5.32. The molecule has 1 saturated heterocycles. The Bertz CT molecular complexity index is 668. The maximum absolute atomic E-state index is 11.2. The summed E-state index contributed by atoms with van der Waals surface area (Å²) in [6, 6.07) is 4.36. The second-order valence-electron chi connectivity index (χ2n) is 6.53. The van der Waals surface area contributed by atoms with Crippen LogP contribution in [0.25, 0.3) is 0 Å². The Balaban J connectivity index is 1.99. The average Bonchev–Trinajstić information content (AvgIpc) is 2.59. The highest BCUT2D eigenvalue weighted by molar-refractivity contribution is 5.80. The molecule has 1 aromatic rings. The number of benzene rings is 1. The van der Waals surface area contributed by atoms with Crippen molar-refractivity contribution in [2.45, 2.75) is 32.2 Å². The molecule has 0 aromatic heterocycles. The number of methoxy groups -OCH3 is 2. The van der Waals surface area contributed by atoms with E-state index in [1.54, 1.807) is 14.2 Å². The Hall–Kier alpha value is -2.01. The summed E-state index contributed by atoms with van der Waals surface area (Å²) in [7, 11) is 3.30. The fraction of sp³-hybridized carbons (Fsp3) is 0.526. The summed E-state index contributed by atoms with van der Waals surface area (Å²) in [6.45, 7) is 4.06. The van der Waals surface area contributed by atoms with Crippen LogP contribution in [-0.2, 0) is 11.2 Å². The Morgan fingerprint density at radius 2 is 2.04 bits per heavy atom. The number of carbonyl (C=O) groups is 1. The van der Waals surface area contributed by atoms with Gasteiger partial charge in [-0.3, -0.25) is 4.90 Å². The molecule has 3 rings (SSSR count). The van der Waals surface area contributed by atoms with E-state index in [9.17, 15) is 9.90 Å². The largest absolute Gasteiger partial charge is 0.493 e. The van der Waals surface area contributed by atoms with Crippen molar-refractivity contribution in [1.82, 2.24) is 4.90 Å². The standard InChI is InChI=1S/C19H25NO4/c1-4-12-11-20-6-5-13-8-17(23-2)18(24-3)10-15(13)16(20)7-14(12)9-19(21)22/h8-10,12,16H,4-7,11H2,1-3H3,(H,21,22). The van der Waals surface area contributed by atoms with Crippen LogP contribution in [-0.4, -0.2) is 43.3 Å². The third-order valence-corrected chi connectivity index (χ3v) is 5.32. The SMILES string of the molecule is CCC1CN2CCc3cc(OC)c(OC)cc3C2CC1=CC(=O)O. The van der Waals surface area contributed by atoms with Crippen molar-refractivity contribution in [2.24, 2.45) is 5.92 Å². The number of fused-ring (bicyclic) bond motifs is 3. The lowest BCUT2D eigenvalue weighted by atomic mass is 9.79.